The van der Waals surface area contributed by atoms with Crippen molar-refractivity contribution in [3.63, 3.8) is 0 Å². The number of hydrogen-bond donors (Lipinski definition) is 0. The first-order chi connectivity index (χ1) is 7.09. The lowest BCUT2D eigenvalue weighted by Crippen LogP contribution is -2.25. The zero-order valence-electron chi connectivity index (χ0n) is 7.54. The van der Waals surface area contributed by atoms with Crippen molar-refractivity contribution in [2.45, 2.75) is 6.42 Å². The molecule has 1 saturated heterocycles. The molecule has 1 fully saturated rings. The van der Waals surface area contributed by atoms with Crippen LogP contribution in [0.2, 0.25) is 5.02 Å². The fraction of sp³-hybridized carbons (Fsp3) is 0.222. The summed E-state index contributed by atoms with van der Waals surface area (Å²) in [6, 6.07) is 0. The molecule has 1 aromatic heterocycles. The maximum Gasteiger partial charge on any atom is 0.234 e. The number of anilines is 1. The number of hydrogen-bond acceptors (Lipinski definition) is 3. The molecule has 1 aliphatic heterocycles. The van der Waals surface area contributed by atoms with Crippen molar-refractivity contribution in [1.29, 1.82) is 0 Å². The van der Waals surface area contributed by atoms with Crippen molar-refractivity contribution in [3.05, 3.63) is 21.0 Å². The second-order valence-electron chi connectivity index (χ2n) is 3.15. The summed E-state index contributed by atoms with van der Waals surface area (Å²) < 4.78 is 0.767. The summed E-state index contributed by atoms with van der Waals surface area (Å²) in [6.45, 7) is 0.110. The van der Waals surface area contributed by atoms with Crippen LogP contribution in [0.1, 0.15) is 6.42 Å². The standard InChI is InChI=1S/C9H6ClIN2O2/c10-6-2-12-3-7(11)9(6)13-4-5(14)1-8(13)15/h2-3H,1,4H2. The van der Waals surface area contributed by atoms with Crippen LogP contribution in [-0.4, -0.2) is 23.2 Å². The van der Waals surface area contributed by atoms with Crippen molar-refractivity contribution in [3.8, 4) is 0 Å². The summed E-state index contributed by atoms with van der Waals surface area (Å²) in [5.41, 5.74) is 0.586. The molecule has 15 heavy (non-hydrogen) atoms. The highest BCUT2D eigenvalue weighted by Gasteiger charge is 2.31. The van der Waals surface area contributed by atoms with Gasteiger partial charge >= 0.3 is 0 Å². The molecule has 0 spiro atoms. The van der Waals surface area contributed by atoms with Crippen LogP contribution in [-0.2, 0) is 9.59 Å². The van der Waals surface area contributed by atoms with Crippen molar-refractivity contribution >= 4 is 51.6 Å². The predicted molar refractivity (Wildman–Crippen MR) is 63.9 cm³/mol. The highest BCUT2D eigenvalue weighted by atomic mass is 127. The first kappa shape index (κ1) is 10.8. The number of amides is 1. The molecule has 78 valence electrons. The molecule has 0 saturated carbocycles. The first-order valence-corrected chi connectivity index (χ1v) is 5.66. The SMILES string of the molecule is O=C1CC(=O)N(c2c(Cl)cncc2I)C1. The molecule has 2 rings (SSSR count). The summed E-state index contributed by atoms with van der Waals surface area (Å²) in [7, 11) is 0. The van der Waals surface area contributed by atoms with Crippen LogP contribution in [0.3, 0.4) is 0 Å². The van der Waals surface area contributed by atoms with E-state index in [0.717, 1.165) is 3.57 Å². The fourth-order valence-corrected chi connectivity index (χ4v) is 2.61. The molecule has 0 radical (unpaired) electrons. The zero-order valence-corrected chi connectivity index (χ0v) is 10.4. The number of aromatic nitrogens is 1. The van der Waals surface area contributed by atoms with Gasteiger partial charge in [0.05, 0.1) is 27.2 Å². The monoisotopic (exact) mass is 336 g/mol. The third kappa shape index (κ3) is 1.98. The maximum atomic E-state index is 11.5. The van der Waals surface area contributed by atoms with E-state index in [9.17, 15) is 9.59 Å². The number of Topliss-reactive ketones (excluding diaryl/α,β-unsaturated/α-hetero) is 1. The minimum absolute atomic E-state index is 0.0330. The van der Waals surface area contributed by atoms with Gasteiger partial charge in [-0.3, -0.25) is 14.6 Å². The average molecular weight is 337 g/mol. The number of halogens is 2. The van der Waals surface area contributed by atoms with E-state index in [2.05, 4.69) is 4.98 Å². The largest absolute Gasteiger partial charge is 0.302 e. The molecule has 1 aromatic rings. The molecule has 4 nitrogen and oxygen atoms in total. The van der Waals surface area contributed by atoms with Crippen LogP contribution in [0.5, 0.6) is 0 Å². The summed E-state index contributed by atoms with van der Waals surface area (Å²) in [6.07, 6.45) is 3.04. The minimum atomic E-state index is -0.203. The van der Waals surface area contributed by atoms with Gasteiger partial charge < -0.3 is 4.90 Å². The smallest absolute Gasteiger partial charge is 0.234 e. The molecule has 0 unspecified atom stereocenters. The number of nitrogens with zero attached hydrogens (tertiary/aromatic N) is 2. The van der Waals surface area contributed by atoms with E-state index in [1.54, 1.807) is 6.20 Å². The normalized spacial score (nSPS) is 16.3. The van der Waals surface area contributed by atoms with E-state index in [1.165, 1.54) is 11.1 Å². The molecule has 2 heterocycles. The Morgan fingerprint density at radius 3 is 2.67 bits per heavy atom. The lowest BCUT2D eigenvalue weighted by atomic mass is 10.3. The predicted octanol–water partition coefficient (Wildman–Crippen LogP) is 1.65. The third-order valence-corrected chi connectivity index (χ3v) is 3.15. The van der Waals surface area contributed by atoms with Crippen molar-refractivity contribution in [2.75, 3.05) is 11.4 Å². The summed E-state index contributed by atoms with van der Waals surface area (Å²) in [5, 5.41) is 0.393. The van der Waals surface area contributed by atoms with Crippen molar-refractivity contribution in [2.24, 2.45) is 0 Å². The minimum Gasteiger partial charge on any atom is -0.302 e. The highest BCUT2D eigenvalue weighted by Crippen LogP contribution is 2.32. The van der Waals surface area contributed by atoms with Crippen LogP contribution in [0.15, 0.2) is 12.4 Å². The Morgan fingerprint density at radius 2 is 2.13 bits per heavy atom. The third-order valence-electron chi connectivity index (χ3n) is 2.08. The molecule has 0 aromatic carbocycles. The molecular formula is C9H6ClIN2O2. The Morgan fingerprint density at radius 1 is 1.40 bits per heavy atom. The van der Waals surface area contributed by atoms with Gasteiger partial charge in [-0.05, 0) is 22.6 Å². The Balaban J connectivity index is 2.46. The zero-order chi connectivity index (χ0) is 11.0. The van der Waals surface area contributed by atoms with E-state index in [4.69, 9.17) is 11.6 Å². The Labute approximate surface area is 105 Å². The van der Waals surface area contributed by atoms with Gasteiger partial charge in [-0.25, -0.2) is 0 Å². The Hall–Kier alpha value is -0.690. The van der Waals surface area contributed by atoms with Gasteiger partial charge in [0.1, 0.15) is 0 Å². The molecular weight excluding hydrogens is 330 g/mol. The van der Waals surface area contributed by atoms with Gasteiger partial charge in [-0.2, -0.15) is 0 Å². The topological polar surface area (TPSA) is 50.3 Å². The molecule has 1 amide bonds. The maximum absolute atomic E-state index is 11.5. The van der Waals surface area contributed by atoms with E-state index in [0.29, 0.717) is 10.7 Å². The molecule has 0 aliphatic carbocycles. The second kappa shape index (κ2) is 4.05. The molecule has 6 heteroatoms. The van der Waals surface area contributed by atoms with E-state index in [-0.39, 0.29) is 24.7 Å². The van der Waals surface area contributed by atoms with Crippen LogP contribution in [0, 0.1) is 3.57 Å². The van der Waals surface area contributed by atoms with Crippen LogP contribution < -0.4 is 4.90 Å². The van der Waals surface area contributed by atoms with E-state index < -0.39 is 0 Å². The van der Waals surface area contributed by atoms with Gasteiger partial charge in [0.25, 0.3) is 0 Å². The number of carbonyl (C=O) groups is 2. The molecule has 0 atom stereocenters. The van der Waals surface area contributed by atoms with Gasteiger partial charge in [0.2, 0.25) is 5.91 Å². The number of rotatable bonds is 1. The summed E-state index contributed by atoms with van der Waals surface area (Å²) >= 11 is 7.99. The fourth-order valence-electron chi connectivity index (χ4n) is 1.45. The summed E-state index contributed by atoms with van der Waals surface area (Å²) in [5.74, 6) is -0.283. The Kier molecular flexibility index (Phi) is 2.92. The number of pyridine rings is 1. The molecule has 0 bridgehead atoms. The lowest BCUT2D eigenvalue weighted by Gasteiger charge is -2.17. The quantitative estimate of drug-likeness (QED) is 0.579. The van der Waals surface area contributed by atoms with Crippen LogP contribution >= 0.6 is 34.2 Å². The Bertz CT molecular complexity index is 429. The van der Waals surface area contributed by atoms with Crippen molar-refractivity contribution in [1.82, 2.24) is 4.98 Å². The number of carbonyl (C=O) groups excluding carboxylic acids is 2. The second-order valence-corrected chi connectivity index (χ2v) is 4.72. The van der Waals surface area contributed by atoms with Gasteiger partial charge in [0.15, 0.2) is 5.78 Å². The van der Waals surface area contributed by atoms with E-state index in [1.807, 2.05) is 22.6 Å². The summed E-state index contributed by atoms with van der Waals surface area (Å²) in [4.78, 5) is 28.0. The van der Waals surface area contributed by atoms with Crippen LogP contribution in [0.4, 0.5) is 5.69 Å². The average Bonchev–Trinajstić information content (AvgIpc) is 2.45. The molecule has 1 aliphatic rings. The van der Waals surface area contributed by atoms with E-state index >= 15 is 0 Å². The molecule has 0 N–H and O–H groups in total. The van der Waals surface area contributed by atoms with Crippen molar-refractivity contribution < 1.29 is 9.59 Å². The lowest BCUT2D eigenvalue weighted by molar-refractivity contribution is -0.121. The first-order valence-electron chi connectivity index (χ1n) is 4.20. The number of ketones is 1. The van der Waals surface area contributed by atoms with Gasteiger partial charge in [-0.1, -0.05) is 11.6 Å². The highest BCUT2D eigenvalue weighted by molar-refractivity contribution is 14.1. The van der Waals surface area contributed by atoms with Gasteiger partial charge in [0, 0.05) is 12.4 Å². The van der Waals surface area contributed by atoms with Gasteiger partial charge in [-0.15, -0.1) is 0 Å². The van der Waals surface area contributed by atoms with Crippen LogP contribution in [0.25, 0.3) is 0 Å².